The lowest BCUT2D eigenvalue weighted by Gasteiger charge is -2.12. The number of halogens is 2. The first-order chi connectivity index (χ1) is 17.4. The van der Waals surface area contributed by atoms with Crippen molar-refractivity contribution in [3.8, 4) is 35.0 Å². The molecule has 184 valence electrons. The molecule has 6 nitrogen and oxygen atoms in total. The molecule has 0 saturated carbocycles. The number of carbonyl (C=O) groups is 2. The third-order valence-electron chi connectivity index (χ3n) is 5.61. The first-order valence-electron chi connectivity index (χ1n) is 11.3. The van der Waals surface area contributed by atoms with Crippen molar-refractivity contribution in [3.05, 3.63) is 83.4 Å². The summed E-state index contributed by atoms with van der Waals surface area (Å²) in [7, 11) is 0. The average Bonchev–Trinajstić information content (AvgIpc) is 3.44. The second-order valence-corrected chi connectivity index (χ2v) is 8.13. The van der Waals surface area contributed by atoms with Gasteiger partial charge in [0.15, 0.2) is 11.6 Å². The summed E-state index contributed by atoms with van der Waals surface area (Å²) >= 11 is 0. The van der Waals surface area contributed by atoms with Crippen molar-refractivity contribution in [2.45, 2.75) is 25.5 Å². The van der Waals surface area contributed by atoms with Gasteiger partial charge in [0.25, 0.3) is 0 Å². The number of esters is 2. The van der Waals surface area contributed by atoms with E-state index in [1.165, 1.54) is 0 Å². The van der Waals surface area contributed by atoms with Gasteiger partial charge in [0.1, 0.15) is 30.8 Å². The van der Waals surface area contributed by atoms with Crippen LogP contribution in [0.1, 0.15) is 28.8 Å². The highest BCUT2D eigenvalue weighted by atomic mass is 19.2. The highest BCUT2D eigenvalue weighted by molar-refractivity contribution is 5.98. The van der Waals surface area contributed by atoms with Crippen LogP contribution in [0, 0.1) is 24.0 Å². The number of ether oxygens (including phenoxy) is 3. The standard InChI is InChI=1S/C28H23F2NO5/c1-2-13-34-26-16-24(30)23(29)15-22(26)19-8-10-21(11-9-19)35-17-18-5-3-6-20(14-18)27(32)36-28(33)25-7-4-12-31-25/h1,3,5-6,8-11,14-16,25,31H,4,7,12-13,17H2/t25-/m0/s1. The van der Waals surface area contributed by atoms with Gasteiger partial charge in [0.05, 0.1) is 5.56 Å². The van der Waals surface area contributed by atoms with Gasteiger partial charge in [-0.15, -0.1) is 6.42 Å². The summed E-state index contributed by atoms with van der Waals surface area (Å²) in [6.45, 7) is 0.793. The predicted octanol–water partition coefficient (Wildman–Crippen LogP) is 4.66. The van der Waals surface area contributed by atoms with E-state index in [9.17, 15) is 18.4 Å². The Morgan fingerprint density at radius 1 is 1.03 bits per heavy atom. The molecule has 3 aromatic carbocycles. The van der Waals surface area contributed by atoms with Gasteiger partial charge in [0, 0.05) is 11.6 Å². The smallest absolute Gasteiger partial charge is 0.345 e. The van der Waals surface area contributed by atoms with Crippen LogP contribution in [0.15, 0.2) is 60.7 Å². The van der Waals surface area contributed by atoms with Gasteiger partial charge in [-0.2, -0.15) is 0 Å². The summed E-state index contributed by atoms with van der Waals surface area (Å²) in [5.74, 6) is -0.379. The minimum absolute atomic E-state index is 0.0858. The van der Waals surface area contributed by atoms with Crippen LogP contribution in [0.5, 0.6) is 11.5 Å². The minimum Gasteiger partial charge on any atom is -0.489 e. The van der Waals surface area contributed by atoms with Crippen LogP contribution in [0.3, 0.4) is 0 Å². The highest BCUT2D eigenvalue weighted by Gasteiger charge is 2.26. The molecule has 0 unspecified atom stereocenters. The molecule has 36 heavy (non-hydrogen) atoms. The fourth-order valence-electron chi connectivity index (χ4n) is 3.79. The fourth-order valence-corrected chi connectivity index (χ4v) is 3.79. The quantitative estimate of drug-likeness (QED) is 0.281. The molecule has 1 fully saturated rings. The van der Waals surface area contributed by atoms with Crippen LogP contribution in [0.4, 0.5) is 8.78 Å². The number of hydrogen-bond donors (Lipinski definition) is 1. The topological polar surface area (TPSA) is 73.9 Å². The van der Waals surface area contributed by atoms with Crippen molar-refractivity contribution in [1.82, 2.24) is 5.32 Å². The van der Waals surface area contributed by atoms with Crippen LogP contribution in [-0.2, 0) is 16.1 Å². The van der Waals surface area contributed by atoms with Crippen molar-refractivity contribution in [2.75, 3.05) is 13.2 Å². The molecule has 0 radical (unpaired) electrons. The Morgan fingerprint density at radius 3 is 2.53 bits per heavy atom. The number of rotatable bonds is 8. The Labute approximate surface area is 207 Å². The molecule has 1 aliphatic heterocycles. The lowest BCUT2D eigenvalue weighted by atomic mass is 10.0. The number of benzene rings is 3. The van der Waals surface area contributed by atoms with E-state index in [1.54, 1.807) is 48.5 Å². The van der Waals surface area contributed by atoms with E-state index in [4.69, 9.17) is 20.6 Å². The molecule has 0 aromatic heterocycles. The van der Waals surface area contributed by atoms with E-state index < -0.39 is 29.6 Å². The molecule has 1 saturated heterocycles. The molecule has 1 N–H and O–H groups in total. The Balaban J connectivity index is 1.40. The SMILES string of the molecule is C#CCOc1cc(F)c(F)cc1-c1ccc(OCc2cccc(C(=O)OC(=O)[C@@H]3CCCN3)c2)cc1. The second kappa shape index (κ2) is 11.5. The van der Waals surface area contributed by atoms with Gasteiger partial charge in [0.2, 0.25) is 0 Å². The average molecular weight is 491 g/mol. The zero-order valence-electron chi connectivity index (χ0n) is 19.3. The van der Waals surface area contributed by atoms with Crippen molar-refractivity contribution < 1.29 is 32.6 Å². The van der Waals surface area contributed by atoms with Crippen LogP contribution in [0.2, 0.25) is 0 Å². The maximum Gasteiger partial charge on any atom is 0.345 e. The third kappa shape index (κ3) is 6.06. The predicted molar refractivity (Wildman–Crippen MR) is 128 cm³/mol. The van der Waals surface area contributed by atoms with E-state index in [-0.39, 0.29) is 24.5 Å². The maximum absolute atomic E-state index is 13.8. The number of hydrogen-bond acceptors (Lipinski definition) is 6. The largest absolute Gasteiger partial charge is 0.489 e. The molecule has 0 bridgehead atoms. The minimum atomic E-state index is -1.03. The summed E-state index contributed by atoms with van der Waals surface area (Å²) in [4.78, 5) is 24.4. The van der Waals surface area contributed by atoms with Crippen LogP contribution in [-0.4, -0.2) is 31.1 Å². The Morgan fingerprint density at radius 2 is 1.81 bits per heavy atom. The molecule has 1 aliphatic rings. The van der Waals surface area contributed by atoms with Gasteiger partial charge in [-0.1, -0.05) is 30.2 Å². The number of terminal acetylenes is 1. The zero-order valence-corrected chi connectivity index (χ0v) is 19.3. The monoisotopic (exact) mass is 491 g/mol. The van der Waals surface area contributed by atoms with Crippen molar-refractivity contribution in [1.29, 1.82) is 0 Å². The molecule has 1 atom stereocenters. The summed E-state index contributed by atoms with van der Waals surface area (Å²) in [6.07, 6.45) is 6.72. The molecular weight excluding hydrogens is 468 g/mol. The second-order valence-electron chi connectivity index (χ2n) is 8.13. The van der Waals surface area contributed by atoms with E-state index in [1.807, 2.05) is 0 Å². The van der Waals surface area contributed by atoms with Crippen LogP contribution < -0.4 is 14.8 Å². The van der Waals surface area contributed by atoms with Crippen molar-refractivity contribution in [3.63, 3.8) is 0 Å². The lowest BCUT2D eigenvalue weighted by Crippen LogP contribution is -2.33. The molecule has 0 aliphatic carbocycles. The van der Waals surface area contributed by atoms with Crippen LogP contribution >= 0.6 is 0 Å². The normalized spacial score (nSPS) is 14.6. The van der Waals surface area contributed by atoms with Gasteiger partial charge in [-0.05, 0) is 60.8 Å². The summed E-state index contributed by atoms with van der Waals surface area (Å²) in [5.41, 5.74) is 1.88. The van der Waals surface area contributed by atoms with Gasteiger partial charge in [-0.3, -0.25) is 0 Å². The van der Waals surface area contributed by atoms with Crippen molar-refractivity contribution >= 4 is 11.9 Å². The third-order valence-corrected chi connectivity index (χ3v) is 5.61. The van der Waals surface area contributed by atoms with Gasteiger partial charge in [-0.25, -0.2) is 18.4 Å². The highest BCUT2D eigenvalue weighted by Crippen LogP contribution is 2.33. The Kier molecular flexibility index (Phi) is 7.93. The zero-order chi connectivity index (χ0) is 25.5. The van der Waals surface area contributed by atoms with Gasteiger partial charge < -0.3 is 19.5 Å². The number of carbonyl (C=O) groups excluding carboxylic acids is 2. The number of nitrogens with one attached hydrogen (secondary N) is 1. The molecule has 8 heteroatoms. The van der Waals surface area contributed by atoms with E-state index in [0.29, 0.717) is 28.9 Å². The first-order valence-corrected chi connectivity index (χ1v) is 11.3. The molecule has 3 aromatic rings. The van der Waals surface area contributed by atoms with E-state index in [2.05, 4.69) is 11.2 Å². The fraction of sp³-hybridized carbons (Fsp3) is 0.214. The van der Waals surface area contributed by atoms with E-state index in [0.717, 1.165) is 25.1 Å². The molecule has 1 heterocycles. The Bertz CT molecular complexity index is 1290. The lowest BCUT2D eigenvalue weighted by molar-refractivity contribution is -0.139. The molecule has 0 amide bonds. The van der Waals surface area contributed by atoms with Crippen molar-refractivity contribution in [2.24, 2.45) is 0 Å². The van der Waals surface area contributed by atoms with Crippen LogP contribution in [0.25, 0.3) is 11.1 Å². The van der Waals surface area contributed by atoms with E-state index >= 15 is 0 Å². The summed E-state index contributed by atoms with van der Waals surface area (Å²) in [6, 6.07) is 14.9. The maximum atomic E-state index is 13.8. The molecular formula is C28H23F2NO5. The molecule has 4 rings (SSSR count). The summed E-state index contributed by atoms with van der Waals surface area (Å²) < 4.78 is 43.7. The Hall–Kier alpha value is -4.22. The van der Waals surface area contributed by atoms with Gasteiger partial charge >= 0.3 is 11.9 Å². The first kappa shape index (κ1) is 24.9. The summed E-state index contributed by atoms with van der Waals surface area (Å²) in [5, 5.41) is 3.00. The molecule has 0 spiro atoms.